The number of rotatable bonds is 6. The molecule has 4 amide bonds. The molecule has 7 rings (SSSR count). The number of halogens is 4. The summed E-state index contributed by atoms with van der Waals surface area (Å²) in [7, 11) is -4.30. The van der Waals surface area contributed by atoms with Crippen LogP contribution in [-0.2, 0) is 39.8 Å². The zero-order valence-electron chi connectivity index (χ0n) is 32.3. The molecule has 2 aliphatic heterocycles. The van der Waals surface area contributed by atoms with E-state index in [4.69, 9.17) is 14.2 Å². The summed E-state index contributed by atoms with van der Waals surface area (Å²) in [6.07, 6.45) is -4.10. The highest BCUT2D eigenvalue weighted by atomic mass is 32.2. The Morgan fingerprint density at radius 1 is 1.03 bits per heavy atom. The average molecular weight is 839 g/mol. The van der Waals surface area contributed by atoms with Crippen LogP contribution in [-0.4, -0.2) is 107 Å². The number of benzene rings is 1. The Morgan fingerprint density at radius 2 is 1.71 bits per heavy atom. The first-order valence-electron chi connectivity index (χ1n) is 19.2. The third kappa shape index (κ3) is 8.05. The predicted molar refractivity (Wildman–Crippen MR) is 197 cm³/mol. The highest BCUT2D eigenvalue weighted by molar-refractivity contribution is 7.91. The predicted octanol–water partition coefficient (Wildman–Crippen LogP) is 3.86. The molecule has 1 aromatic carbocycles. The number of ether oxygens (including phenoxy) is 3. The minimum atomic E-state index is -4.30. The van der Waals surface area contributed by atoms with Gasteiger partial charge in [-0.05, 0) is 69.1 Å². The van der Waals surface area contributed by atoms with E-state index in [0.29, 0.717) is 25.3 Å². The van der Waals surface area contributed by atoms with Gasteiger partial charge in [-0.25, -0.2) is 32.0 Å². The van der Waals surface area contributed by atoms with Crippen LogP contribution in [0.2, 0.25) is 0 Å². The number of para-hydroxylation sites is 2. The summed E-state index contributed by atoms with van der Waals surface area (Å²) >= 11 is 0. The van der Waals surface area contributed by atoms with E-state index in [9.17, 15) is 36.4 Å². The second-order valence-corrected chi connectivity index (χ2v) is 19.3. The standard InChI is InChI=1S/C38H46F4N6O9S/c1-35(2,3)28-32(50)48-19-20(17-24(48)30(49)46-37(18-21(37)29(39)40)33(51)47-58(53,54)36(4)14-15-36)56-31-27(43-22-9-5-6-10-23(22)44-31)38(41,42)13-8-16-55-25-11-7-12-26(25)57-34(52)45-28/h5-6,8-10,13,20-21,24-26,28-29H,7,11-12,14-19H2,1-4H3,(H,45,52)(H,46,49)(H,47,51)/b13-8-/t20-,21?,24+,25-,26-,28-,37-/m1/s1. The molecule has 1 saturated heterocycles. The van der Waals surface area contributed by atoms with Gasteiger partial charge in [-0.2, -0.15) is 8.78 Å². The molecule has 20 heteroatoms. The van der Waals surface area contributed by atoms with E-state index in [1.807, 2.05) is 4.72 Å². The molecule has 15 nitrogen and oxygen atoms in total. The summed E-state index contributed by atoms with van der Waals surface area (Å²) in [5, 5.41) is 4.94. The summed E-state index contributed by atoms with van der Waals surface area (Å²) in [6.45, 7) is 5.63. The Kier molecular flexibility index (Phi) is 10.7. The number of hydrogen-bond donors (Lipinski definition) is 3. The summed E-state index contributed by atoms with van der Waals surface area (Å²) in [6, 6.07) is 3.27. The molecule has 3 heterocycles. The Balaban J connectivity index is 1.26. The molecule has 0 radical (unpaired) electrons. The number of carbonyl (C=O) groups is 4. The Bertz CT molecular complexity index is 2130. The number of amides is 4. The van der Waals surface area contributed by atoms with Crippen LogP contribution in [0.25, 0.3) is 11.0 Å². The molecule has 1 aromatic heterocycles. The lowest BCUT2D eigenvalue weighted by molar-refractivity contribution is -0.143. The number of aromatic nitrogens is 2. The number of nitrogens with one attached hydrogen (secondary N) is 3. The minimum Gasteiger partial charge on any atom is -0.471 e. The molecular formula is C38H46F4N6O9S. The fourth-order valence-corrected chi connectivity index (χ4v) is 9.04. The van der Waals surface area contributed by atoms with Gasteiger partial charge in [0.05, 0.1) is 41.0 Å². The van der Waals surface area contributed by atoms with E-state index in [-0.39, 0.29) is 30.5 Å². The molecule has 3 saturated carbocycles. The summed E-state index contributed by atoms with van der Waals surface area (Å²) in [5.74, 6) is -9.43. The van der Waals surface area contributed by atoms with Crippen LogP contribution in [0.5, 0.6) is 5.88 Å². The second-order valence-electron chi connectivity index (χ2n) is 17.1. The van der Waals surface area contributed by atoms with Crippen LogP contribution in [0.1, 0.15) is 78.3 Å². The summed E-state index contributed by atoms with van der Waals surface area (Å²) < 4.78 is 105. The van der Waals surface area contributed by atoms with Crippen molar-refractivity contribution in [2.24, 2.45) is 11.3 Å². The van der Waals surface area contributed by atoms with Gasteiger partial charge in [-0.3, -0.25) is 19.1 Å². The lowest BCUT2D eigenvalue weighted by Crippen LogP contribution is -2.60. The SMILES string of the molecule is CC(C)(C)[C@@H]1NC(=O)O[C@@H]2CCC[C@H]2OC/C=C\C(F)(F)c2nc3ccccc3nc2O[C@@H]2C[C@@H](C(=O)N[C@]3(C(=O)NS(=O)(=O)C4(C)CC4)CC3C(F)F)N(C2)C1=O. The van der Waals surface area contributed by atoms with Crippen LogP contribution in [0.3, 0.4) is 0 Å². The fraction of sp³-hybridized carbons (Fsp3) is 0.632. The first kappa shape index (κ1) is 41.6. The molecule has 2 aromatic rings. The van der Waals surface area contributed by atoms with Gasteiger partial charge in [0.15, 0.2) is 5.69 Å². The summed E-state index contributed by atoms with van der Waals surface area (Å²) in [4.78, 5) is 65.3. The highest BCUT2D eigenvalue weighted by Crippen LogP contribution is 2.49. The molecule has 5 aliphatic rings. The Labute approximate surface area is 332 Å². The molecule has 7 atom stereocenters. The average Bonchev–Trinajstić information content (AvgIpc) is 3.97. The maximum Gasteiger partial charge on any atom is 0.408 e. The van der Waals surface area contributed by atoms with Crippen molar-refractivity contribution in [2.45, 2.75) is 126 Å². The quantitative estimate of drug-likeness (QED) is 0.283. The number of sulfonamides is 1. The molecule has 2 bridgehead atoms. The first-order valence-corrected chi connectivity index (χ1v) is 20.7. The van der Waals surface area contributed by atoms with E-state index < -0.39 is 129 Å². The number of carbonyl (C=O) groups excluding carboxylic acids is 4. The van der Waals surface area contributed by atoms with Gasteiger partial charge in [0.1, 0.15) is 29.8 Å². The number of hydrogen-bond acceptors (Lipinski definition) is 11. The molecule has 4 fully saturated rings. The molecular weight excluding hydrogens is 793 g/mol. The minimum absolute atomic E-state index is 0.130. The summed E-state index contributed by atoms with van der Waals surface area (Å²) in [5.41, 5.74) is -3.91. The normalized spacial score (nSPS) is 31.4. The lowest BCUT2D eigenvalue weighted by Gasteiger charge is -2.35. The zero-order valence-corrected chi connectivity index (χ0v) is 33.1. The largest absolute Gasteiger partial charge is 0.471 e. The van der Waals surface area contributed by atoms with Crippen LogP contribution >= 0.6 is 0 Å². The van der Waals surface area contributed by atoms with Crippen LogP contribution < -0.4 is 20.1 Å². The monoisotopic (exact) mass is 838 g/mol. The van der Waals surface area contributed by atoms with E-state index in [0.717, 1.165) is 11.0 Å². The van der Waals surface area contributed by atoms with Crippen molar-refractivity contribution in [1.29, 1.82) is 0 Å². The van der Waals surface area contributed by atoms with Crippen molar-refractivity contribution >= 4 is 44.9 Å². The van der Waals surface area contributed by atoms with Crippen LogP contribution in [0, 0.1) is 11.3 Å². The van der Waals surface area contributed by atoms with E-state index >= 15 is 8.78 Å². The van der Waals surface area contributed by atoms with Gasteiger partial charge >= 0.3 is 12.0 Å². The number of alkyl halides is 4. The van der Waals surface area contributed by atoms with E-state index in [1.54, 1.807) is 32.9 Å². The van der Waals surface area contributed by atoms with Crippen molar-refractivity contribution in [3.8, 4) is 5.88 Å². The number of alkyl carbamates (subject to hydrolysis) is 1. The van der Waals surface area contributed by atoms with Gasteiger partial charge in [-0.1, -0.05) is 39.0 Å². The first-order chi connectivity index (χ1) is 27.1. The second kappa shape index (κ2) is 14.9. The topological polar surface area (TPSA) is 195 Å². The smallest absolute Gasteiger partial charge is 0.408 e. The fourth-order valence-electron chi connectivity index (χ4n) is 7.73. The molecule has 3 N–H and O–H groups in total. The molecule has 316 valence electrons. The van der Waals surface area contributed by atoms with Crippen molar-refractivity contribution in [3.63, 3.8) is 0 Å². The third-order valence-corrected chi connectivity index (χ3v) is 13.8. The molecule has 1 unspecified atom stereocenters. The Morgan fingerprint density at radius 3 is 2.34 bits per heavy atom. The maximum absolute atomic E-state index is 16.1. The molecule has 58 heavy (non-hydrogen) atoms. The van der Waals surface area contributed by atoms with Gasteiger partial charge in [-0.15, -0.1) is 0 Å². The van der Waals surface area contributed by atoms with Gasteiger partial charge < -0.3 is 29.7 Å². The Hall–Kier alpha value is -4.59. The number of allylic oxidation sites excluding steroid dienone is 1. The lowest BCUT2D eigenvalue weighted by atomic mass is 9.85. The molecule has 3 aliphatic carbocycles. The van der Waals surface area contributed by atoms with Crippen LogP contribution in [0.4, 0.5) is 22.4 Å². The zero-order chi connectivity index (χ0) is 42.0. The third-order valence-electron chi connectivity index (χ3n) is 11.6. The number of nitrogens with zero attached hydrogens (tertiary/aromatic N) is 3. The van der Waals surface area contributed by atoms with Gasteiger partial charge in [0.2, 0.25) is 34.1 Å². The van der Waals surface area contributed by atoms with E-state index in [2.05, 4.69) is 20.6 Å². The van der Waals surface area contributed by atoms with Crippen molar-refractivity contribution in [3.05, 3.63) is 42.1 Å². The van der Waals surface area contributed by atoms with Crippen molar-refractivity contribution < 1.29 is 59.4 Å². The van der Waals surface area contributed by atoms with Gasteiger partial charge in [0.25, 0.3) is 5.91 Å². The van der Waals surface area contributed by atoms with Gasteiger partial charge in [0, 0.05) is 6.42 Å². The maximum atomic E-state index is 16.1. The van der Waals surface area contributed by atoms with E-state index in [1.165, 1.54) is 19.1 Å². The van der Waals surface area contributed by atoms with Crippen molar-refractivity contribution in [1.82, 2.24) is 30.2 Å². The van der Waals surface area contributed by atoms with Crippen molar-refractivity contribution in [2.75, 3.05) is 13.2 Å². The molecule has 0 spiro atoms. The highest BCUT2D eigenvalue weighted by Gasteiger charge is 2.67. The van der Waals surface area contributed by atoms with Crippen LogP contribution in [0.15, 0.2) is 36.4 Å². The number of fused-ring (bicyclic) bond motifs is 5.